The average Bonchev–Trinajstić information content (AvgIpc) is 3.55. The standard InChI is InChI=1S/C27H28N6O2/c1-16-15-35-8-7-32(16)14-18-3-4-19-10-21(11-20(19)9-18)26(34)23-13-29-33(27(23)28)22-5-6-24-25(12-22)31-17(2)30-24/h3-6,9-10,12-13,16H,7-8,11,14-15,28H2,1-2H3,(H,30,31)/t16-/m0/s1. The van der Waals surface area contributed by atoms with E-state index >= 15 is 0 Å². The molecule has 0 radical (unpaired) electrons. The van der Waals surface area contributed by atoms with Crippen molar-refractivity contribution < 1.29 is 9.53 Å². The number of hydrogen-bond donors (Lipinski definition) is 2. The maximum Gasteiger partial charge on any atom is 0.194 e. The second-order valence-corrected chi connectivity index (χ2v) is 9.48. The van der Waals surface area contributed by atoms with Crippen molar-refractivity contribution in [1.82, 2.24) is 24.6 Å². The van der Waals surface area contributed by atoms with Gasteiger partial charge in [0.05, 0.1) is 41.7 Å². The number of anilines is 1. The minimum absolute atomic E-state index is 0.0771. The fraction of sp³-hybridized carbons (Fsp3) is 0.296. The molecular formula is C27H28N6O2. The molecule has 2 aromatic carbocycles. The van der Waals surface area contributed by atoms with Crippen LogP contribution in [0.15, 0.2) is 48.2 Å². The third kappa shape index (κ3) is 3.94. The van der Waals surface area contributed by atoms with Gasteiger partial charge < -0.3 is 15.5 Å². The van der Waals surface area contributed by atoms with Crippen LogP contribution in [-0.2, 0) is 17.7 Å². The molecule has 3 N–H and O–H groups in total. The highest BCUT2D eigenvalue weighted by atomic mass is 16.5. The van der Waals surface area contributed by atoms with Gasteiger partial charge in [0.1, 0.15) is 11.6 Å². The highest BCUT2D eigenvalue weighted by Gasteiger charge is 2.25. The van der Waals surface area contributed by atoms with Crippen molar-refractivity contribution in [1.29, 1.82) is 0 Å². The van der Waals surface area contributed by atoms with Crippen LogP contribution in [0, 0.1) is 6.92 Å². The number of fused-ring (bicyclic) bond motifs is 2. The normalized spacial score (nSPS) is 18.1. The highest BCUT2D eigenvalue weighted by molar-refractivity contribution is 6.15. The Hall–Kier alpha value is -3.75. The highest BCUT2D eigenvalue weighted by Crippen LogP contribution is 2.31. The van der Waals surface area contributed by atoms with Gasteiger partial charge in [0.15, 0.2) is 5.78 Å². The molecule has 1 atom stereocenters. The minimum atomic E-state index is -0.0771. The van der Waals surface area contributed by atoms with Crippen LogP contribution >= 0.6 is 0 Å². The van der Waals surface area contributed by atoms with Gasteiger partial charge in [0, 0.05) is 31.1 Å². The Labute approximate surface area is 203 Å². The van der Waals surface area contributed by atoms with Crippen LogP contribution in [-0.4, -0.2) is 56.2 Å². The van der Waals surface area contributed by atoms with Crippen LogP contribution in [0.5, 0.6) is 0 Å². The van der Waals surface area contributed by atoms with Crippen LogP contribution in [0.1, 0.15) is 39.8 Å². The van der Waals surface area contributed by atoms with E-state index in [1.165, 1.54) is 11.1 Å². The first kappa shape index (κ1) is 21.8. The molecule has 0 unspecified atom stereocenters. The molecule has 0 bridgehead atoms. The van der Waals surface area contributed by atoms with E-state index in [0.717, 1.165) is 60.0 Å². The molecule has 2 aliphatic rings. The summed E-state index contributed by atoms with van der Waals surface area (Å²) in [6.45, 7) is 7.49. The molecule has 178 valence electrons. The van der Waals surface area contributed by atoms with Crippen molar-refractivity contribution in [2.45, 2.75) is 32.9 Å². The first-order valence-electron chi connectivity index (χ1n) is 12.0. The van der Waals surface area contributed by atoms with Gasteiger partial charge in [-0.05, 0) is 54.8 Å². The fourth-order valence-electron chi connectivity index (χ4n) is 5.04. The molecule has 8 nitrogen and oxygen atoms in total. The van der Waals surface area contributed by atoms with Crippen molar-refractivity contribution in [2.24, 2.45) is 0 Å². The molecule has 0 saturated carbocycles. The molecule has 4 aromatic rings. The first-order chi connectivity index (χ1) is 17.0. The van der Waals surface area contributed by atoms with E-state index in [0.29, 0.717) is 23.8 Å². The number of nitrogens with two attached hydrogens (primary N) is 1. The number of nitrogen functional groups attached to an aromatic ring is 1. The zero-order valence-electron chi connectivity index (χ0n) is 19.9. The number of imidazole rings is 1. The van der Waals surface area contributed by atoms with Gasteiger partial charge in [-0.3, -0.25) is 9.69 Å². The van der Waals surface area contributed by atoms with Crippen molar-refractivity contribution >= 4 is 28.7 Å². The topological polar surface area (TPSA) is 102 Å². The molecule has 0 amide bonds. The predicted molar refractivity (Wildman–Crippen MR) is 136 cm³/mol. The summed E-state index contributed by atoms with van der Waals surface area (Å²) >= 11 is 0. The maximum absolute atomic E-state index is 13.4. The number of aryl methyl sites for hydroxylation is 1. The second kappa shape index (κ2) is 8.48. The van der Waals surface area contributed by atoms with Crippen molar-refractivity contribution in [3.63, 3.8) is 0 Å². The summed E-state index contributed by atoms with van der Waals surface area (Å²) in [6.07, 6.45) is 4.15. The van der Waals surface area contributed by atoms with Gasteiger partial charge in [0.25, 0.3) is 0 Å². The van der Waals surface area contributed by atoms with Crippen molar-refractivity contribution in [2.75, 3.05) is 25.5 Å². The Kier molecular flexibility index (Phi) is 5.27. The Morgan fingerprint density at radius 1 is 1.26 bits per heavy atom. The molecule has 8 heteroatoms. The van der Waals surface area contributed by atoms with Gasteiger partial charge in [-0.2, -0.15) is 5.10 Å². The smallest absolute Gasteiger partial charge is 0.194 e. The number of carbonyl (C=O) groups excluding carboxylic acids is 1. The number of aromatic nitrogens is 4. The number of Topliss-reactive ketones (excluding diaryl/α,β-unsaturated/α-hetero) is 1. The van der Waals surface area contributed by atoms with Crippen LogP contribution in [0.25, 0.3) is 22.8 Å². The zero-order valence-corrected chi connectivity index (χ0v) is 19.9. The number of H-pyrrole nitrogens is 1. The van der Waals surface area contributed by atoms with Gasteiger partial charge in [-0.25, -0.2) is 9.67 Å². The Balaban J connectivity index is 1.21. The van der Waals surface area contributed by atoms with E-state index in [-0.39, 0.29) is 5.78 Å². The largest absolute Gasteiger partial charge is 0.383 e. The third-order valence-electron chi connectivity index (χ3n) is 6.98. The summed E-state index contributed by atoms with van der Waals surface area (Å²) in [7, 11) is 0. The van der Waals surface area contributed by atoms with Gasteiger partial charge >= 0.3 is 0 Å². The SMILES string of the molecule is Cc1nc2ccc(-n3ncc(C(=O)C4=Cc5ccc(CN6CCOC[C@@H]6C)cc5C4)c3N)cc2[nH]1. The first-order valence-corrected chi connectivity index (χ1v) is 12.0. The van der Waals surface area contributed by atoms with E-state index in [1.54, 1.807) is 10.9 Å². The number of nitrogens with one attached hydrogen (secondary N) is 1. The molecule has 1 fully saturated rings. The lowest BCUT2D eigenvalue weighted by Crippen LogP contribution is -2.42. The molecule has 2 aromatic heterocycles. The van der Waals surface area contributed by atoms with Crippen LogP contribution < -0.4 is 5.73 Å². The molecule has 0 spiro atoms. The Bertz CT molecular complexity index is 1480. The monoisotopic (exact) mass is 468 g/mol. The number of morpholine rings is 1. The lowest BCUT2D eigenvalue weighted by Gasteiger charge is -2.33. The second-order valence-electron chi connectivity index (χ2n) is 9.48. The lowest BCUT2D eigenvalue weighted by molar-refractivity contribution is -0.00437. The van der Waals surface area contributed by atoms with Gasteiger partial charge in [0.2, 0.25) is 0 Å². The number of ketones is 1. The van der Waals surface area contributed by atoms with Crippen LogP contribution in [0.3, 0.4) is 0 Å². The number of nitrogens with zero attached hydrogens (tertiary/aromatic N) is 4. The zero-order chi connectivity index (χ0) is 24.1. The molecule has 1 aliphatic carbocycles. The minimum Gasteiger partial charge on any atom is -0.383 e. The van der Waals surface area contributed by atoms with E-state index in [2.05, 4.69) is 45.1 Å². The number of aromatic amines is 1. The number of rotatable bonds is 5. The maximum atomic E-state index is 13.4. The molecule has 6 rings (SSSR count). The molecule has 35 heavy (non-hydrogen) atoms. The number of allylic oxidation sites excluding steroid dienone is 1. The Morgan fingerprint density at radius 3 is 3.00 bits per heavy atom. The summed E-state index contributed by atoms with van der Waals surface area (Å²) in [6, 6.07) is 12.7. The summed E-state index contributed by atoms with van der Waals surface area (Å²) in [5, 5.41) is 4.42. The van der Waals surface area contributed by atoms with E-state index < -0.39 is 0 Å². The van der Waals surface area contributed by atoms with Gasteiger partial charge in [-0.15, -0.1) is 0 Å². The summed E-state index contributed by atoms with van der Waals surface area (Å²) in [4.78, 5) is 23.5. The van der Waals surface area contributed by atoms with Gasteiger partial charge in [-0.1, -0.05) is 18.2 Å². The quantitative estimate of drug-likeness (QED) is 0.433. The van der Waals surface area contributed by atoms with Crippen molar-refractivity contribution in [3.8, 4) is 5.69 Å². The number of benzene rings is 2. The number of hydrogen-bond acceptors (Lipinski definition) is 6. The van der Waals surface area contributed by atoms with E-state index in [9.17, 15) is 4.79 Å². The van der Waals surface area contributed by atoms with E-state index in [4.69, 9.17) is 10.5 Å². The van der Waals surface area contributed by atoms with Crippen molar-refractivity contribution in [3.05, 3.63) is 76.2 Å². The lowest BCUT2D eigenvalue weighted by atomic mass is 10.0. The summed E-state index contributed by atoms with van der Waals surface area (Å²) in [5.41, 5.74) is 13.7. The average molecular weight is 469 g/mol. The molecular weight excluding hydrogens is 440 g/mol. The van der Waals surface area contributed by atoms with E-state index in [1.807, 2.05) is 31.2 Å². The summed E-state index contributed by atoms with van der Waals surface area (Å²) < 4.78 is 7.16. The number of carbonyl (C=O) groups is 1. The van der Waals surface area contributed by atoms with Crippen LogP contribution in [0.4, 0.5) is 5.82 Å². The molecule has 1 aliphatic heterocycles. The summed E-state index contributed by atoms with van der Waals surface area (Å²) in [5.74, 6) is 1.10. The molecule has 1 saturated heterocycles. The predicted octanol–water partition coefficient (Wildman–Crippen LogP) is 3.68. The number of ether oxygens (including phenoxy) is 1. The van der Waals surface area contributed by atoms with Crippen LogP contribution in [0.2, 0.25) is 0 Å². The molecule has 3 heterocycles. The third-order valence-corrected chi connectivity index (χ3v) is 6.98. The Morgan fingerprint density at radius 2 is 2.14 bits per heavy atom. The fourth-order valence-corrected chi connectivity index (χ4v) is 5.04.